The van der Waals surface area contributed by atoms with Gasteiger partial charge >= 0.3 is 0 Å². The lowest BCUT2D eigenvalue weighted by atomic mass is 10.2. The normalized spacial score (nSPS) is 15.9. The second-order valence-corrected chi connectivity index (χ2v) is 12.2. The van der Waals surface area contributed by atoms with Gasteiger partial charge in [0.1, 0.15) is 0 Å². The summed E-state index contributed by atoms with van der Waals surface area (Å²) in [7, 11) is -2.15. The number of ether oxygens (including phenoxy) is 1. The molecule has 0 bridgehead atoms. The predicted octanol–water partition coefficient (Wildman–Crippen LogP) is 4.65. The smallest absolute Gasteiger partial charge is 0.260 e. The number of likely N-dealkylation sites (N-methyl/N-ethyl adjacent to an activating group) is 1. The summed E-state index contributed by atoms with van der Waals surface area (Å²) in [6.45, 7) is 3.25. The molecule has 1 aliphatic rings. The van der Waals surface area contributed by atoms with Crippen molar-refractivity contribution in [3.8, 4) is 0 Å². The van der Waals surface area contributed by atoms with Crippen LogP contribution in [-0.2, 0) is 21.3 Å². The van der Waals surface area contributed by atoms with Gasteiger partial charge in [-0.05, 0) is 67.3 Å². The molecule has 2 aromatic carbocycles. The lowest BCUT2D eigenvalue weighted by Crippen LogP contribution is -2.34. The van der Waals surface area contributed by atoms with Crippen LogP contribution in [0, 0.1) is 6.92 Å². The summed E-state index contributed by atoms with van der Waals surface area (Å²) in [6.07, 6.45) is 5.12. The van der Waals surface area contributed by atoms with Gasteiger partial charge in [0, 0.05) is 38.2 Å². The Morgan fingerprint density at radius 3 is 2.62 bits per heavy atom. The van der Waals surface area contributed by atoms with Crippen molar-refractivity contribution in [3.63, 3.8) is 0 Å². The third-order valence-electron chi connectivity index (χ3n) is 6.44. The number of sulfonamides is 1. The second kappa shape index (κ2) is 10.7. The van der Waals surface area contributed by atoms with Gasteiger partial charge in [-0.2, -0.15) is 4.31 Å². The number of carbonyl (C=O) groups excluding carboxylic acids is 1. The fourth-order valence-corrected chi connectivity index (χ4v) is 6.61. The highest BCUT2D eigenvalue weighted by molar-refractivity contribution is 7.89. The van der Waals surface area contributed by atoms with E-state index in [0.29, 0.717) is 23.8 Å². The van der Waals surface area contributed by atoms with Gasteiger partial charge in [-0.25, -0.2) is 13.4 Å². The molecule has 192 valence electrons. The monoisotopic (exact) mass is 536 g/mol. The molecule has 3 heterocycles. The zero-order valence-corrected chi connectivity index (χ0v) is 22.3. The van der Waals surface area contributed by atoms with Crippen LogP contribution in [-0.4, -0.2) is 54.9 Å². The van der Waals surface area contributed by atoms with Crippen LogP contribution in [0.2, 0.25) is 0 Å². The molecule has 37 heavy (non-hydrogen) atoms. The van der Waals surface area contributed by atoms with Crippen molar-refractivity contribution in [2.45, 2.75) is 37.3 Å². The van der Waals surface area contributed by atoms with Gasteiger partial charge in [-0.1, -0.05) is 29.5 Å². The number of para-hydroxylation sites is 1. The lowest BCUT2D eigenvalue weighted by Gasteiger charge is -2.21. The van der Waals surface area contributed by atoms with E-state index in [1.165, 1.54) is 27.8 Å². The van der Waals surface area contributed by atoms with E-state index in [-0.39, 0.29) is 23.5 Å². The van der Waals surface area contributed by atoms with Crippen molar-refractivity contribution < 1.29 is 17.9 Å². The average Bonchev–Trinajstić information content (AvgIpc) is 3.58. The molecule has 1 fully saturated rings. The van der Waals surface area contributed by atoms with Crippen molar-refractivity contribution in [2.24, 2.45) is 0 Å². The number of hydrogen-bond donors (Lipinski definition) is 0. The molecule has 10 heteroatoms. The molecule has 0 spiro atoms. The molecule has 2 aromatic heterocycles. The first-order chi connectivity index (χ1) is 17.8. The highest BCUT2D eigenvalue weighted by Crippen LogP contribution is 2.32. The quantitative estimate of drug-likeness (QED) is 0.326. The Balaban J connectivity index is 1.43. The molecule has 1 saturated heterocycles. The first-order valence-corrected chi connectivity index (χ1v) is 14.3. The minimum atomic E-state index is -3.70. The fourth-order valence-electron chi connectivity index (χ4n) is 4.37. The largest absolute Gasteiger partial charge is 0.377 e. The topological polar surface area (TPSA) is 92.7 Å². The number of aromatic nitrogens is 2. The Morgan fingerprint density at radius 2 is 1.95 bits per heavy atom. The molecule has 1 unspecified atom stereocenters. The third kappa shape index (κ3) is 5.42. The van der Waals surface area contributed by atoms with Crippen LogP contribution in [0.1, 0.15) is 34.3 Å². The SMILES string of the molecule is Cc1cccc2sc(N(Cc3cccnc3)C(=O)c3ccc(S(=O)(=O)N(C)CC4CCCO4)cc3)nc12. The molecule has 4 aromatic rings. The Kier molecular flexibility index (Phi) is 7.34. The van der Waals surface area contributed by atoms with Crippen LogP contribution in [0.15, 0.2) is 71.9 Å². The molecule has 1 aliphatic heterocycles. The van der Waals surface area contributed by atoms with Gasteiger partial charge in [-0.3, -0.25) is 14.7 Å². The van der Waals surface area contributed by atoms with Crippen molar-refractivity contribution in [1.29, 1.82) is 0 Å². The Labute approximate surface area is 220 Å². The molecule has 0 aliphatic carbocycles. The number of carbonyl (C=O) groups is 1. The van der Waals surface area contributed by atoms with Gasteiger partial charge in [-0.15, -0.1) is 0 Å². The highest BCUT2D eigenvalue weighted by Gasteiger charge is 2.27. The number of hydrogen-bond acceptors (Lipinski definition) is 7. The minimum absolute atomic E-state index is 0.0842. The first-order valence-electron chi connectivity index (χ1n) is 12.1. The van der Waals surface area contributed by atoms with E-state index in [1.54, 1.807) is 36.5 Å². The molecule has 8 nitrogen and oxygen atoms in total. The van der Waals surface area contributed by atoms with Crippen LogP contribution < -0.4 is 4.90 Å². The number of aryl methyl sites for hydroxylation is 1. The van der Waals surface area contributed by atoms with E-state index < -0.39 is 10.0 Å². The zero-order valence-electron chi connectivity index (χ0n) is 20.7. The maximum Gasteiger partial charge on any atom is 0.260 e. The predicted molar refractivity (Wildman–Crippen MR) is 144 cm³/mol. The van der Waals surface area contributed by atoms with E-state index in [9.17, 15) is 13.2 Å². The van der Waals surface area contributed by atoms with Crippen LogP contribution >= 0.6 is 11.3 Å². The van der Waals surface area contributed by atoms with Crippen molar-refractivity contribution >= 4 is 42.6 Å². The number of rotatable bonds is 8. The first kappa shape index (κ1) is 25.5. The molecule has 0 saturated carbocycles. The summed E-state index contributed by atoms with van der Waals surface area (Å²) < 4.78 is 34.1. The molecule has 0 radical (unpaired) electrons. The molecular formula is C27H28N4O4S2. The number of amides is 1. The fraction of sp³-hybridized carbons (Fsp3) is 0.296. The zero-order chi connectivity index (χ0) is 26.0. The van der Waals surface area contributed by atoms with E-state index >= 15 is 0 Å². The summed E-state index contributed by atoms with van der Waals surface area (Å²) in [5.74, 6) is -0.266. The summed E-state index contributed by atoms with van der Waals surface area (Å²) in [6, 6.07) is 15.8. The van der Waals surface area contributed by atoms with Crippen LogP contribution in [0.5, 0.6) is 0 Å². The van der Waals surface area contributed by atoms with Gasteiger partial charge in [0.05, 0.1) is 27.8 Å². The van der Waals surface area contributed by atoms with Crippen molar-refractivity contribution in [3.05, 3.63) is 83.7 Å². The molecule has 0 N–H and O–H groups in total. The Morgan fingerprint density at radius 1 is 1.14 bits per heavy atom. The van der Waals surface area contributed by atoms with E-state index in [1.807, 2.05) is 37.3 Å². The maximum absolute atomic E-state index is 13.7. The Hall–Kier alpha value is -3.18. The van der Waals surface area contributed by atoms with Crippen LogP contribution in [0.25, 0.3) is 10.2 Å². The Bertz CT molecular complexity index is 1500. The highest BCUT2D eigenvalue weighted by atomic mass is 32.2. The van der Waals surface area contributed by atoms with Gasteiger partial charge in [0.15, 0.2) is 5.13 Å². The van der Waals surface area contributed by atoms with Crippen LogP contribution in [0.3, 0.4) is 0 Å². The minimum Gasteiger partial charge on any atom is -0.377 e. The molecule has 1 amide bonds. The van der Waals surface area contributed by atoms with Crippen LogP contribution in [0.4, 0.5) is 5.13 Å². The number of benzene rings is 2. The summed E-state index contributed by atoms with van der Waals surface area (Å²) in [5.41, 5.74) is 3.14. The lowest BCUT2D eigenvalue weighted by molar-refractivity contribution is 0.0978. The van der Waals surface area contributed by atoms with E-state index in [4.69, 9.17) is 9.72 Å². The third-order valence-corrected chi connectivity index (χ3v) is 9.32. The standard InChI is InChI=1S/C27H28N4O4S2/c1-19-6-3-9-24-25(19)29-27(36-24)31(17-20-7-4-14-28-16-20)26(32)21-10-12-23(13-11-21)37(33,34)30(2)18-22-8-5-15-35-22/h3-4,6-7,9-14,16,22H,5,8,15,17-18H2,1-2H3. The second-order valence-electron chi connectivity index (χ2n) is 9.12. The summed E-state index contributed by atoms with van der Waals surface area (Å²) in [5, 5.41) is 0.575. The number of nitrogens with zero attached hydrogens (tertiary/aromatic N) is 4. The molecular weight excluding hydrogens is 508 g/mol. The average molecular weight is 537 g/mol. The van der Waals surface area contributed by atoms with Crippen molar-refractivity contribution in [1.82, 2.24) is 14.3 Å². The summed E-state index contributed by atoms with van der Waals surface area (Å²) >= 11 is 1.45. The number of fused-ring (bicyclic) bond motifs is 1. The molecule has 5 rings (SSSR count). The van der Waals surface area contributed by atoms with Gasteiger partial charge < -0.3 is 4.74 Å². The number of thiazole rings is 1. The van der Waals surface area contributed by atoms with E-state index in [0.717, 1.165) is 34.2 Å². The summed E-state index contributed by atoms with van der Waals surface area (Å²) in [4.78, 5) is 24.4. The van der Waals surface area contributed by atoms with Gasteiger partial charge in [0.2, 0.25) is 10.0 Å². The number of pyridine rings is 1. The number of anilines is 1. The van der Waals surface area contributed by atoms with E-state index in [2.05, 4.69) is 4.98 Å². The maximum atomic E-state index is 13.7. The van der Waals surface area contributed by atoms with Gasteiger partial charge in [0.25, 0.3) is 5.91 Å². The molecule has 1 atom stereocenters. The van der Waals surface area contributed by atoms with Crippen molar-refractivity contribution in [2.75, 3.05) is 25.1 Å².